The molecule has 0 spiro atoms. The monoisotopic (exact) mass is 260 g/mol. The highest BCUT2D eigenvalue weighted by Crippen LogP contribution is 2.55. The predicted octanol–water partition coefficient (Wildman–Crippen LogP) is 2.26. The fraction of sp³-hybridized carbons (Fsp3) is 0.429. The molecule has 1 fully saturated rings. The van der Waals surface area contributed by atoms with E-state index in [1.165, 1.54) is 0 Å². The van der Waals surface area contributed by atoms with Crippen LogP contribution in [0.25, 0.3) is 11.1 Å². The maximum atomic E-state index is 11.4. The first-order valence-corrected chi connectivity index (χ1v) is 6.34. The Bertz CT molecular complexity index is 643. The molecule has 0 radical (unpaired) electrons. The topological polar surface area (TPSA) is 75.4 Å². The molecule has 0 aliphatic heterocycles. The molecule has 0 saturated heterocycles. The first-order chi connectivity index (χ1) is 9.06. The largest absolute Gasteiger partial charge is 0.481 e. The molecule has 1 aliphatic carbocycles. The Morgan fingerprint density at radius 1 is 1.53 bits per heavy atom. The summed E-state index contributed by atoms with van der Waals surface area (Å²) >= 11 is 0. The molecule has 1 saturated carbocycles. The van der Waals surface area contributed by atoms with Crippen LogP contribution in [0.15, 0.2) is 22.6 Å². The first-order valence-electron chi connectivity index (χ1n) is 6.34. The van der Waals surface area contributed by atoms with Crippen molar-refractivity contribution < 1.29 is 14.3 Å². The van der Waals surface area contributed by atoms with Crippen molar-refractivity contribution in [3.8, 4) is 0 Å². The zero-order valence-electron chi connectivity index (χ0n) is 10.9. The van der Waals surface area contributed by atoms with Crippen LogP contribution in [0.4, 0.5) is 0 Å². The molecule has 1 aromatic carbocycles. The number of carboxylic acid groups (broad SMARTS) is 1. The smallest absolute Gasteiger partial charge is 0.311 e. The van der Waals surface area contributed by atoms with Crippen molar-refractivity contribution in [2.45, 2.75) is 25.8 Å². The van der Waals surface area contributed by atoms with E-state index in [9.17, 15) is 9.90 Å². The lowest BCUT2D eigenvalue weighted by atomic mass is 9.90. The molecule has 19 heavy (non-hydrogen) atoms. The van der Waals surface area contributed by atoms with Crippen LogP contribution in [0, 0.1) is 12.3 Å². The van der Waals surface area contributed by atoms with Gasteiger partial charge in [-0.25, -0.2) is 4.98 Å². The van der Waals surface area contributed by atoms with E-state index in [1.807, 2.05) is 18.2 Å². The summed E-state index contributed by atoms with van der Waals surface area (Å²) in [6, 6.07) is 5.50. The number of hydrogen-bond acceptors (Lipinski definition) is 4. The minimum atomic E-state index is -0.735. The summed E-state index contributed by atoms with van der Waals surface area (Å²) in [5, 5.41) is 12.5. The van der Waals surface area contributed by atoms with Crippen LogP contribution >= 0.6 is 0 Å². The number of nitrogens with zero attached hydrogens (tertiary/aromatic N) is 1. The summed E-state index contributed by atoms with van der Waals surface area (Å²) in [6.45, 7) is 1.80. The molecule has 1 aliphatic rings. The Labute approximate surface area is 110 Å². The van der Waals surface area contributed by atoms with Crippen LogP contribution in [0.2, 0.25) is 0 Å². The highest BCUT2D eigenvalue weighted by Gasteiger charge is 2.56. The summed E-state index contributed by atoms with van der Waals surface area (Å²) in [7, 11) is 1.80. The molecule has 3 rings (SSSR count). The molecule has 5 nitrogen and oxygen atoms in total. The summed E-state index contributed by atoms with van der Waals surface area (Å²) in [6.07, 6.45) is 1.42. The summed E-state index contributed by atoms with van der Waals surface area (Å²) in [4.78, 5) is 15.7. The maximum absolute atomic E-state index is 11.4. The van der Waals surface area contributed by atoms with Gasteiger partial charge in [-0.05, 0) is 37.6 Å². The van der Waals surface area contributed by atoms with Gasteiger partial charge in [0.15, 0.2) is 11.5 Å². The number of nitrogens with one attached hydrogen (secondary N) is 1. The van der Waals surface area contributed by atoms with Crippen LogP contribution in [0.5, 0.6) is 0 Å². The quantitative estimate of drug-likeness (QED) is 0.882. The number of aliphatic carboxylic acids is 1. The Morgan fingerprint density at radius 3 is 2.84 bits per heavy atom. The summed E-state index contributed by atoms with van der Waals surface area (Å²) in [5.74, 6) is -0.117. The molecule has 0 amide bonds. The van der Waals surface area contributed by atoms with Crippen molar-refractivity contribution in [2.24, 2.45) is 5.41 Å². The molecule has 1 atom stereocenters. The maximum Gasteiger partial charge on any atom is 0.311 e. The Morgan fingerprint density at radius 2 is 2.26 bits per heavy atom. The van der Waals surface area contributed by atoms with Crippen LogP contribution in [-0.4, -0.2) is 23.1 Å². The minimum absolute atomic E-state index is 0.195. The molecule has 2 aromatic rings. The molecule has 100 valence electrons. The normalized spacial score (nSPS) is 18.4. The van der Waals surface area contributed by atoms with Gasteiger partial charge in [-0.1, -0.05) is 6.07 Å². The molecule has 2 N–H and O–H groups in total. The number of carbonyl (C=O) groups is 1. The van der Waals surface area contributed by atoms with Crippen LogP contribution < -0.4 is 5.32 Å². The van der Waals surface area contributed by atoms with E-state index in [0.717, 1.165) is 11.1 Å². The second-order valence-corrected chi connectivity index (χ2v) is 5.14. The van der Waals surface area contributed by atoms with E-state index in [-0.39, 0.29) is 6.04 Å². The Balaban J connectivity index is 2.04. The lowest BCUT2D eigenvalue weighted by Crippen LogP contribution is -2.32. The molecule has 1 aromatic heterocycles. The average molecular weight is 260 g/mol. The van der Waals surface area contributed by atoms with Gasteiger partial charge < -0.3 is 14.8 Å². The molecule has 0 bridgehead atoms. The third-order valence-electron chi connectivity index (χ3n) is 3.91. The van der Waals surface area contributed by atoms with Crippen molar-refractivity contribution >= 4 is 17.1 Å². The van der Waals surface area contributed by atoms with Crippen molar-refractivity contribution in [3.63, 3.8) is 0 Å². The number of carboxylic acids is 1. The van der Waals surface area contributed by atoms with Gasteiger partial charge in [0.05, 0.1) is 5.41 Å². The van der Waals surface area contributed by atoms with Gasteiger partial charge in [0.25, 0.3) is 0 Å². The van der Waals surface area contributed by atoms with E-state index in [1.54, 1.807) is 14.0 Å². The van der Waals surface area contributed by atoms with Gasteiger partial charge in [-0.2, -0.15) is 0 Å². The van der Waals surface area contributed by atoms with E-state index in [0.29, 0.717) is 24.3 Å². The lowest BCUT2D eigenvalue weighted by molar-refractivity contribution is -0.144. The fourth-order valence-corrected chi connectivity index (χ4v) is 2.76. The number of rotatable bonds is 4. The van der Waals surface area contributed by atoms with Gasteiger partial charge >= 0.3 is 5.97 Å². The molecular weight excluding hydrogens is 244 g/mol. The number of benzene rings is 1. The van der Waals surface area contributed by atoms with Crippen molar-refractivity contribution in [3.05, 3.63) is 29.7 Å². The second kappa shape index (κ2) is 4.06. The molecule has 5 heteroatoms. The van der Waals surface area contributed by atoms with Gasteiger partial charge in [0, 0.05) is 13.0 Å². The van der Waals surface area contributed by atoms with Gasteiger partial charge in [0.2, 0.25) is 0 Å². The highest BCUT2D eigenvalue weighted by molar-refractivity contribution is 5.80. The Hall–Kier alpha value is -1.88. The van der Waals surface area contributed by atoms with Crippen molar-refractivity contribution in [2.75, 3.05) is 7.05 Å². The number of aryl methyl sites for hydroxylation is 1. The lowest BCUT2D eigenvalue weighted by Gasteiger charge is -2.23. The zero-order valence-corrected chi connectivity index (χ0v) is 10.9. The van der Waals surface area contributed by atoms with Crippen LogP contribution in [0.3, 0.4) is 0 Å². The van der Waals surface area contributed by atoms with Crippen molar-refractivity contribution in [1.29, 1.82) is 0 Å². The third-order valence-corrected chi connectivity index (χ3v) is 3.91. The zero-order chi connectivity index (χ0) is 13.6. The average Bonchev–Trinajstić information content (AvgIpc) is 3.07. The molecular formula is C14H16N2O3. The minimum Gasteiger partial charge on any atom is -0.481 e. The van der Waals surface area contributed by atoms with E-state index in [2.05, 4.69) is 10.3 Å². The summed E-state index contributed by atoms with van der Waals surface area (Å²) in [5.41, 5.74) is 1.77. The van der Waals surface area contributed by atoms with Gasteiger partial charge in [-0.15, -0.1) is 0 Å². The Kier molecular flexibility index (Phi) is 2.60. The molecule has 1 heterocycles. The summed E-state index contributed by atoms with van der Waals surface area (Å²) < 4.78 is 5.51. The highest BCUT2D eigenvalue weighted by atomic mass is 16.4. The number of aromatic nitrogens is 1. The standard InChI is InChI=1S/C14H16N2O3/c1-8-16-10-4-3-9(7-11(10)19-8)12(15-2)14(5-6-14)13(17)18/h3-4,7,12,15H,5-6H2,1-2H3,(H,17,18). The second-order valence-electron chi connectivity index (χ2n) is 5.14. The van der Waals surface area contributed by atoms with Gasteiger partial charge in [0.1, 0.15) is 5.52 Å². The van der Waals surface area contributed by atoms with Crippen LogP contribution in [0.1, 0.15) is 30.3 Å². The SMILES string of the molecule is CNC(c1ccc2nc(C)oc2c1)C1(C(=O)O)CC1. The van der Waals surface area contributed by atoms with Crippen molar-refractivity contribution in [1.82, 2.24) is 10.3 Å². The van der Waals surface area contributed by atoms with Crippen LogP contribution in [-0.2, 0) is 4.79 Å². The third kappa shape index (κ3) is 1.81. The number of fused-ring (bicyclic) bond motifs is 1. The van der Waals surface area contributed by atoms with E-state index >= 15 is 0 Å². The van der Waals surface area contributed by atoms with E-state index in [4.69, 9.17) is 4.42 Å². The number of hydrogen-bond donors (Lipinski definition) is 2. The number of oxazole rings is 1. The predicted molar refractivity (Wildman–Crippen MR) is 69.8 cm³/mol. The first kappa shape index (κ1) is 12.2. The van der Waals surface area contributed by atoms with E-state index < -0.39 is 11.4 Å². The van der Waals surface area contributed by atoms with Gasteiger partial charge in [-0.3, -0.25) is 4.79 Å². The fourth-order valence-electron chi connectivity index (χ4n) is 2.76. The molecule has 1 unspecified atom stereocenters.